The van der Waals surface area contributed by atoms with E-state index in [2.05, 4.69) is 5.32 Å². The molecule has 0 aromatic heterocycles. The van der Waals surface area contributed by atoms with E-state index in [0.717, 1.165) is 15.4 Å². The molecule has 1 N–H and O–H groups in total. The number of aryl methyl sites for hydroxylation is 1. The molecule has 0 saturated carbocycles. The molecule has 2 amide bonds. The summed E-state index contributed by atoms with van der Waals surface area (Å²) in [6.07, 6.45) is 0.212. The first-order valence-electron chi connectivity index (χ1n) is 13.9. The maximum atomic E-state index is 14.4. The van der Waals surface area contributed by atoms with Crippen LogP contribution in [0.15, 0.2) is 102 Å². The predicted octanol–water partition coefficient (Wildman–Crippen LogP) is 6.93. The highest BCUT2D eigenvalue weighted by molar-refractivity contribution is 7.92. The van der Waals surface area contributed by atoms with E-state index in [0.29, 0.717) is 17.1 Å². The second kappa shape index (κ2) is 14.9. The van der Waals surface area contributed by atoms with Crippen molar-refractivity contribution in [3.63, 3.8) is 0 Å². The third-order valence-corrected chi connectivity index (χ3v) is 9.75. The summed E-state index contributed by atoms with van der Waals surface area (Å²) in [5, 5.41) is 3.72. The lowest BCUT2D eigenvalue weighted by Crippen LogP contribution is -2.53. The van der Waals surface area contributed by atoms with Crippen molar-refractivity contribution >= 4 is 62.3 Å². The molecule has 0 fully saturated rings. The van der Waals surface area contributed by atoms with Crippen molar-refractivity contribution in [1.82, 2.24) is 10.2 Å². The van der Waals surface area contributed by atoms with Gasteiger partial charge in [0.15, 0.2) is 0 Å². The Morgan fingerprint density at radius 1 is 0.818 bits per heavy atom. The molecule has 0 aliphatic rings. The van der Waals surface area contributed by atoms with E-state index in [-0.39, 0.29) is 39.5 Å². The zero-order chi connectivity index (χ0) is 31.9. The number of rotatable bonds is 12. The molecule has 0 aliphatic carbocycles. The minimum absolute atomic E-state index is 0.00390. The molecular formula is C33H32Cl3N3O4S. The van der Waals surface area contributed by atoms with Gasteiger partial charge in [0.25, 0.3) is 10.0 Å². The van der Waals surface area contributed by atoms with Gasteiger partial charge >= 0.3 is 0 Å². The van der Waals surface area contributed by atoms with Crippen LogP contribution in [-0.4, -0.2) is 44.3 Å². The Hall–Kier alpha value is -3.56. The molecule has 0 saturated heterocycles. The molecule has 7 nitrogen and oxygen atoms in total. The number of nitrogens with zero attached hydrogens (tertiary/aromatic N) is 2. The van der Waals surface area contributed by atoms with Gasteiger partial charge in [0.1, 0.15) is 12.6 Å². The van der Waals surface area contributed by atoms with Crippen LogP contribution in [0.1, 0.15) is 23.6 Å². The number of halogens is 3. The van der Waals surface area contributed by atoms with E-state index in [1.54, 1.807) is 43.3 Å². The molecule has 0 unspecified atom stereocenters. The minimum Gasteiger partial charge on any atom is -0.355 e. The molecule has 0 aliphatic heterocycles. The van der Waals surface area contributed by atoms with Gasteiger partial charge in [-0.25, -0.2) is 8.42 Å². The van der Waals surface area contributed by atoms with E-state index in [4.69, 9.17) is 34.8 Å². The first-order chi connectivity index (χ1) is 21.0. The second-order valence-electron chi connectivity index (χ2n) is 10.2. The zero-order valence-corrected chi connectivity index (χ0v) is 27.3. The highest BCUT2D eigenvalue weighted by Crippen LogP contribution is 2.31. The van der Waals surface area contributed by atoms with Gasteiger partial charge in [-0.1, -0.05) is 95.0 Å². The highest BCUT2D eigenvalue weighted by Gasteiger charge is 2.34. The molecular weight excluding hydrogens is 641 g/mol. The van der Waals surface area contributed by atoms with Crippen LogP contribution in [-0.2, 0) is 32.6 Å². The predicted molar refractivity (Wildman–Crippen MR) is 177 cm³/mol. The summed E-state index contributed by atoms with van der Waals surface area (Å²) in [6, 6.07) is 26.0. The van der Waals surface area contributed by atoms with Crippen molar-refractivity contribution in [2.45, 2.75) is 37.8 Å². The third-order valence-electron chi connectivity index (χ3n) is 6.97. The summed E-state index contributed by atoms with van der Waals surface area (Å²) < 4.78 is 29.1. The Morgan fingerprint density at radius 3 is 2.09 bits per heavy atom. The fourth-order valence-corrected chi connectivity index (χ4v) is 6.46. The van der Waals surface area contributed by atoms with E-state index in [1.165, 1.54) is 35.2 Å². The molecule has 4 rings (SSSR count). The lowest BCUT2D eigenvalue weighted by molar-refractivity contribution is -0.140. The quantitative estimate of drug-likeness (QED) is 0.177. The van der Waals surface area contributed by atoms with Crippen LogP contribution in [0.25, 0.3) is 0 Å². The normalized spacial score (nSPS) is 11.9. The lowest BCUT2D eigenvalue weighted by atomic mass is 10.0. The van der Waals surface area contributed by atoms with Crippen molar-refractivity contribution < 1.29 is 18.0 Å². The molecule has 0 spiro atoms. The molecule has 0 radical (unpaired) electrons. The van der Waals surface area contributed by atoms with Crippen LogP contribution in [0.4, 0.5) is 5.69 Å². The highest BCUT2D eigenvalue weighted by atomic mass is 35.5. The van der Waals surface area contributed by atoms with Crippen molar-refractivity contribution in [3.05, 3.63) is 129 Å². The topological polar surface area (TPSA) is 86.8 Å². The van der Waals surface area contributed by atoms with Gasteiger partial charge in [-0.05, 0) is 67.4 Å². The molecule has 11 heteroatoms. The first kappa shape index (κ1) is 33.3. The fraction of sp³-hybridized carbons (Fsp3) is 0.212. The molecule has 230 valence electrons. The van der Waals surface area contributed by atoms with Gasteiger partial charge < -0.3 is 10.2 Å². The van der Waals surface area contributed by atoms with Gasteiger partial charge in [-0.3, -0.25) is 13.9 Å². The number of carbonyl (C=O) groups is 2. The zero-order valence-electron chi connectivity index (χ0n) is 24.2. The largest absolute Gasteiger partial charge is 0.355 e. The molecule has 0 heterocycles. The number of carbonyl (C=O) groups excluding carboxylic acids is 2. The summed E-state index contributed by atoms with van der Waals surface area (Å²) >= 11 is 18.6. The van der Waals surface area contributed by atoms with E-state index < -0.39 is 28.5 Å². The fourth-order valence-electron chi connectivity index (χ4n) is 4.64. The summed E-state index contributed by atoms with van der Waals surface area (Å²) in [7, 11) is -4.26. The van der Waals surface area contributed by atoms with Crippen LogP contribution in [0, 0.1) is 6.92 Å². The van der Waals surface area contributed by atoms with Crippen LogP contribution >= 0.6 is 34.8 Å². The van der Waals surface area contributed by atoms with Crippen molar-refractivity contribution in [3.8, 4) is 0 Å². The van der Waals surface area contributed by atoms with Crippen molar-refractivity contribution in [1.29, 1.82) is 0 Å². The number of benzene rings is 4. The van der Waals surface area contributed by atoms with Gasteiger partial charge in [0, 0.05) is 24.5 Å². The summed E-state index contributed by atoms with van der Waals surface area (Å²) in [6.45, 7) is 3.42. The van der Waals surface area contributed by atoms with Gasteiger partial charge in [-0.15, -0.1) is 0 Å². The van der Waals surface area contributed by atoms with Gasteiger partial charge in [-0.2, -0.15) is 0 Å². The lowest BCUT2D eigenvalue weighted by Gasteiger charge is -2.34. The monoisotopic (exact) mass is 671 g/mol. The molecule has 4 aromatic rings. The molecule has 4 aromatic carbocycles. The second-order valence-corrected chi connectivity index (χ2v) is 13.3. The maximum absolute atomic E-state index is 14.4. The number of hydrogen-bond acceptors (Lipinski definition) is 4. The van der Waals surface area contributed by atoms with E-state index in [9.17, 15) is 18.0 Å². The van der Waals surface area contributed by atoms with Gasteiger partial charge in [0.2, 0.25) is 11.8 Å². The van der Waals surface area contributed by atoms with E-state index >= 15 is 0 Å². The first-order valence-corrected chi connectivity index (χ1v) is 16.5. The summed E-state index contributed by atoms with van der Waals surface area (Å²) in [5.41, 5.74) is 2.58. The Balaban J connectivity index is 1.81. The Labute approximate surface area is 273 Å². The third kappa shape index (κ3) is 8.33. The number of likely N-dealkylation sites (N-methyl/N-ethyl adjacent to an activating group) is 1. The standard InChI is InChI=1S/C33H32Cl3N3O4S/c1-3-37-33(41)31(19-24-7-5-4-6-8-24)38(21-25-11-13-26(34)14-12-25)32(40)22-39(27-15-18-29(35)30(36)20-27)44(42,43)28-16-9-23(2)10-17-28/h4-18,20,31H,3,19,21-22H2,1-2H3,(H,37,41)/t31-/m0/s1. The average molecular weight is 673 g/mol. The Kier molecular flexibility index (Phi) is 11.3. The molecule has 1 atom stereocenters. The number of sulfonamides is 1. The Bertz CT molecular complexity index is 1700. The van der Waals surface area contributed by atoms with E-state index in [1.807, 2.05) is 37.3 Å². The number of nitrogens with one attached hydrogen (secondary N) is 1. The van der Waals surface area contributed by atoms with Gasteiger partial charge in [0.05, 0.1) is 20.6 Å². The van der Waals surface area contributed by atoms with Crippen LogP contribution < -0.4 is 9.62 Å². The summed E-state index contributed by atoms with van der Waals surface area (Å²) in [4.78, 5) is 29.3. The number of amides is 2. The average Bonchev–Trinajstić information content (AvgIpc) is 3.00. The number of hydrogen-bond donors (Lipinski definition) is 1. The van der Waals surface area contributed by atoms with Crippen LogP contribution in [0.2, 0.25) is 15.1 Å². The smallest absolute Gasteiger partial charge is 0.264 e. The molecule has 44 heavy (non-hydrogen) atoms. The number of anilines is 1. The van der Waals surface area contributed by atoms with Crippen LogP contribution in [0.5, 0.6) is 0 Å². The van der Waals surface area contributed by atoms with Crippen molar-refractivity contribution in [2.75, 3.05) is 17.4 Å². The molecule has 0 bridgehead atoms. The van der Waals surface area contributed by atoms with Crippen LogP contribution in [0.3, 0.4) is 0 Å². The maximum Gasteiger partial charge on any atom is 0.264 e. The van der Waals surface area contributed by atoms with Crippen molar-refractivity contribution in [2.24, 2.45) is 0 Å². The summed E-state index contributed by atoms with van der Waals surface area (Å²) in [5.74, 6) is -0.949. The SMILES string of the molecule is CCNC(=O)[C@H](Cc1ccccc1)N(Cc1ccc(Cl)cc1)C(=O)CN(c1ccc(Cl)c(Cl)c1)S(=O)(=O)c1ccc(C)cc1. The minimum atomic E-state index is -4.26. The Morgan fingerprint density at radius 2 is 1.48 bits per heavy atom.